The highest BCUT2D eigenvalue weighted by molar-refractivity contribution is 6.30. The molecule has 3 aromatic rings. The van der Waals surface area contributed by atoms with Gasteiger partial charge < -0.3 is 10.1 Å². The van der Waals surface area contributed by atoms with E-state index in [1.807, 2.05) is 49.4 Å². The average Bonchev–Trinajstić information content (AvgIpc) is 2.82. The molecule has 1 aliphatic rings. The number of hydrogen-bond donors (Lipinski definition) is 1. The lowest BCUT2D eigenvalue weighted by Gasteiger charge is -2.40. The molecular formula is C24H28Cl2N6O2. The lowest BCUT2D eigenvalue weighted by Crippen LogP contribution is -2.50. The number of amides is 1. The van der Waals surface area contributed by atoms with Crippen LogP contribution in [0.2, 0.25) is 5.02 Å². The minimum absolute atomic E-state index is 0. The first-order chi connectivity index (χ1) is 16.0. The molecule has 10 heteroatoms. The van der Waals surface area contributed by atoms with Gasteiger partial charge in [-0.15, -0.1) is 12.4 Å². The summed E-state index contributed by atoms with van der Waals surface area (Å²) in [5.41, 5.74) is 0.424. The Hall–Kier alpha value is -2.94. The number of pyridine rings is 1. The summed E-state index contributed by atoms with van der Waals surface area (Å²) in [6.45, 7) is 0. The van der Waals surface area contributed by atoms with Crippen LogP contribution in [0, 0.1) is 0 Å². The Morgan fingerprint density at radius 1 is 1.00 bits per heavy atom. The highest BCUT2D eigenvalue weighted by Crippen LogP contribution is 2.28. The van der Waals surface area contributed by atoms with Gasteiger partial charge in [-0.05, 0) is 49.9 Å². The molecule has 1 N–H and O–H groups in total. The Labute approximate surface area is 210 Å². The Kier molecular flexibility index (Phi) is 9.04. The summed E-state index contributed by atoms with van der Waals surface area (Å²) in [5.74, 6) is 1.38. The number of para-hydroxylation sites is 1. The Morgan fingerprint density at radius 3 is 2.32 bits per heavy atom. The molecule has 1 aliphatic carbocycles. The lowest BCUT2D eigenvalue weighted by molar-refractivity contribution is 0.0920. The van der Waals surface area contributed by atoms with Gasteiger partial charge in [-0.3, -0.25) is 9.80 Å². The van der Waals surface area contributed by atoms with Crippen LogP contribution in [0.25, 0.3) is 0 Å². The van der Waals surface area contributed by atoms with E-state index in [1.54, 1.807) is 30.7 Å². The van der Waals surface area contributed by atoms with E-state index < -0.39 is 0 Å². The molecule has 0 unspecified atom stereocenters. The summed E-state index contributed by atoms with van der Waals surface area (Å²) in [6.07, 6.45) is 8.33. The summed E-state index contributed by atoms with van der Waals surface area (Å²) in [6, 6.07) is 13.1. The van der Waals surface area contributed by atoms with E-state index in [-0.39, 0.29) is 30.4 Å². The molecule has 0 atom stereocenters. The second kappa shape index (κ2) is 12.0. The number of nitrogens with zero attached hydrogens (tertiary/aromatic N) is 5. The first-order valence-electron chi connectivity index (χ1n) is 10.9. The zero-order chi connectivity index (χ0) is 23.2. The molecule has 8 nitrogen and oxygen atoms in total. The Morgan fingerprint density at radius 2 is 1.68 bits per heavy atom. The quantitative estimate of drug-likeness (QED) is 0.466. The molecule has 0 radical (unpaired) electrons. The zero-order valence-corrected chi connectivity index (χ0v) is 20.7. The van der Waals surface area contributed by atoms with Crippen molar-refractivity contribution < 1.29 is 9.53 Å². The second-order valence-electron chi connectivity index (χ2n) is 8.14. The van der Waals surface area contributed by atoms with E-state index in [1.165, 1.54) is 0 Å². The molecule has 34 heavy (non-hydrogen) atoms. The largest absolute Gasteiger partial charge is 0.438 e. The number of aromatic nitrogens is 3. The molecule has 0 saturated heterocycles. The van der Waals surface area contributed by atoms with Crippen molar-refractivity contribution >= 4 is 35.9 Å². The minimum atomic E-state index is -0.178. The monoisotopic (exact) mass is 502 g/mol. The van der Waals surface area contributed by atoms with E-state index in [0.29, 0.717) is 28.2 Å². The summed E-state index contributed by atoms with van der Waals surface area (Å²) in [4.78, 5) is 26.0. The van der Waals surface area contributed by atoms with Gasteiger partial charge in [-0.1, -0.05) is 29.8 Å². The van der Waals surface area contributed by atoms with Crippen LogP contribution in [0.5, 0.6) is 11.6 Å². The highest BCUT2D eigenvalue weighted by Gasteiger charge is 2.30. The van der Waals surface area contributed by atoms with E-state index in [0.717, 1.165) is 25.7 Å². The number of rotatable bonds is 7. The molecule has 180 valence electrons. The van der Waals surface area contributed by atoms with E-state index in [4.69, 9.17) is 16.3 Å². The summed E-state index contributed by atoms with van der Waals surface area (Å²) in [7, 11) is 3.95. The topological polar surface area (TPSA) is 83.5 Å². The van der Waals surface area contributed by atoms with Crippen LogP contribution < -0.4 is 15.1 Å². The maximum Gasteiger partial charge on any atom is 0.257 e. The highest BCUT2D eigenvalue weighted by atomic mass is 35.5. The normalized spacial score (nSPS) is 17.5. The van der Waals surface area contributed by atoms with Gasteiger partial charge in [0.1, 0.15) is 11.3 Å². The first kappa shape index (κ1) is 25.7. The third kappa shape index (κ3) is 6.34. The van der Waals surface area contributed by atoms with Crippen LogP contribution in [0.3, 0.4) is 0 Å². The zero-order valence-electron chi connectivity index (χ0n) is 19.1. The van der Waals surface area contributed by atoms with Gasteiger partial charge in [0, 0.05) is 32.4 Å². The van der Waals surface area contributed by atoms with Crippen LogP contribution in [0.15, 0.2) is 61.1 Å². The second-order valence-corrected chi connectivity index (χ2v) is 8.58. The molecule has 2 heterocycles. The standard InChI is InChI=1S/C24H27ClN6O2.ClH/c1-30(2)31(24-27-15-17(25)16-28-24)19-12-10-18(11-13-19)29-22(32)21-9-6-14-26-23(21)33-20-7-4-3-5-8-20;/h3-9,14-16,18-19H,10-13H2,1-2H3,(H,29,32);1H. The molecule has 4 rings (SSSR count). The van der Waals surface area contributed by atoms with Gasteiger partial charge in [-0.25, -0.2) is 20.0 Å². The fourth-order valence-electron chi connectivity index (χ4n) is 4.07. The number of anilines is 1. The van der Waals surface area contributed by atoms with Crippen molar-refractivity contribution in [3.63, 3.8) is 0 Å². The van der Waals surface area contributed by atoms with Crippen LogP contribution in [-0.4, -0.2) is 52.0 Å². The summed E-state index contributed by atoms with van der Waals surface area (Å²) >= 11 is 5.95. The van der Waals surface area contributed by atoms with Crippen molar-refractivity contribution in [3.05, 3.63) is 71.6 Å². The van der Waals surface area contributed by atoms with Crippen molar-refractivity contribution in [2.75, 3.05) is 19.1 Å². The van der Waals surface area contributed by atoms with Gasteiger partial charge in [0.2, 0.25) is 11.8 Å². The molecule has 0 aliphatic heterocycles. The number of nitrogens with one attached hydrogen (secondary N) is 1. The maximum atomic E-state index is 13.0. The van der Waals surface area contributed by atoms with Crippen molar-refractivity contribution in [2.24, 2.45) is 0 Å². The van der Waals surface area contributed by atoms with Crippen molar-refractivity contribution in [1.29, 1.82) is 0 Å². The molecule has 2 aromatic heterocycles. The van der Waals surface area contributed by atoms with Crippen LogP contribution in [0.1, 0.15) is 36.0 Å². The number of benzene rings is 1. The number of carbonyl (C=O) groups is 1. The molecule has 0 bridgehead atoms. The number of hydrazine groups is 1. The number of carbonyl (C=O) groups excluding carboxylic acids is 1. The fraction of sp³-hybridized carbons (Fsp3) is 0.333. The van der Waals surface area contributed by atoms with Gasteiger partial charge in [0.05, 0.1) is 17.4 Å². The van der Waals surface area contributed by atoms with Crippen LogP contribution in [0.4, 0.5) is 5.95 Å². The summed E-state index contributed by atoms with van der Waals surface area (Å²) < 4.78 is 5.84. The third-order valence-electron chi connectivity index (χ3n) is 5.59. The predicted octanol–water partition coefficient (Wildman–Crippen LogP) is 4.76. The predicted molar refractivity (Wildman–Crippen MR) is 135 cm³/mol. The van der Waals surface area contributed by atoms with Crippen LogP contribution in [-0.2, 0) is 0 Å². The fourth-order valence-corrected chi connectivity index (χ4v) is 4.16. The maximum absolute atomic E-state index is 13.0. The van der Waals surface area contributed by atoms with Gasteiger partial charge in [0.25, 0.3) is 5.91 Å². The average molecular weight is 503 g/mol. The third-order valence-corrected chi connectivity index (χ3v) is 5.79. The van der Waals surface area contributed by atoms with E-state index in [2.05, 4.69) is 25.3 Å². The number of halogens is 2. The number of hydrogen-bond acceptors (Lipinski definition) is 7. The Balaban J connectivity index is 0.00000324. The SMILES string of the molecule is CN(C)N(c1ncc(Cl)cn1)C1CCC(NC(=O)c2cccnc2Oc2ccccc2)CC1.Cl. The van der Waals surface area contributed by atoms with E-state index in [9.17, 15) is 4.79 Å². The molecule has 1 saturated carbocycles. The number of ether oxygens (including phenoxy) is 1. The smallest absolute Gasteiger partial charge is 0.257 e. The molecule has 0 spiro atoms. The lowest BCUT2D eigenvalue weighted by atomic mass is 9.90. The molecule has 1 aromatic carbocycles. The molecule has 1 amide bonds. The van der Waals surface area contributed by atoms with Crippen LogP contribution >= 0.6 is 24.0 Å². The molecule has 1 fully saturated rings. The first-order valence-corrected chi connectivity index (χ1v) is 11.3. The van der Waals surface area contributed by atoms with Crippen molar-refractivity contribution in [2.45, 2.75) is 37.8 Å². The van der Waals surface area contributed by atoms with Crippen molar-refractivity contribution in [1.82, 2.24) is 25.3 Å². The Bertz CT molecular complexity index is 1060. The van der Waals surface area contributed by atoms with E-state index >= 15 is 0 Å². The van der Waals surface area contributed by atoms with Gasteiger partial charge in [0.15, 0.2) is 0 Å². The van der Waals surface area contributed by atoms with Crippen molar-refractivity contribution in [3.8, 4) is 11.6 Å². The summed E-state index contributed by atoms with van der Waals surface area (Å²) in [5, 5.41) is 7.75. The minimum Gasteiger partial charge on any atom is -0.438 e. The van der Waals surface area contributed by atoms with Gasteiger partial charge in [-0.2, -0.15) is 0 Å². The molecular weight excluding hydrogens is 475 g/mol. The van der Waals surface area contributed by atoms with Gasteiger partial charge >= 0.3 is 0 Å².